The molecular formula is C10H11NO2. The summed E-state index contributed by atoms with van der Waals surface area (Å²) in [6.07, 6.45) is 5.50. The van der Waals surface area contributed by atoms with E-state index < -0.39 is 0 Å². The summed E-state index contributed by atoms with van der Waals surface area (Å²) < 4.78 is 0. The highest BCUT2D eigenvalue weighted by Crippen LogP contribution is 2.04. The normalized spacial score (nSPS) is 9.54. The molecule has 1 aromatic heterocycles. The molecule has 0 bridgehead atoms. The van der Waals surface area contributed by atoms with Crippen molar-refractivity contribution in [1.82, 2.24) is 4.98 Å². The molecule has 0 aliphatic heterocycles. The van der Waals surface area contributed by atoms with Gasteiger partial charge in [-0.25, -0.2) is 0 Å². The number of aromatic nitrogens is 1. The van der Waals surface area contributed by atoms with Gasteiger partial charge in [-0.3, -0.25) is 9.78 Å². The molecule has 0 radical (unpaired) electrons. The van der Waals surface area contributed by atoms with Crippen molar-refractivity contribution < 1.29 is 9.59 Å². The van der Waals surface area contributed by atoms with Gasteiger partial charge in [0, 0.05) is 30.8 Å². The molecule has 3 nitrogen and oxygen atoms in total. The van der Waals surface area contributed by atoms with Crippen LogP contribution in [0.2, 0.25) is 0 Å². The number of unbranched alkanes of at least 4 members (excludes halogenated alkanes) is 1. The van der Waals surface area contributed by atoms with E-state index in [1.54, 1.807) is 24.5 Å². The largest absolute Gasteiger partial charge is 0.303 e. The van der Waals surface area contributed by atoms with Crippen molar-refractivity contribution in [2.24, 2.45) is 0 Å². The van der Waals surface area contributed by atoms with E-state index in [9.17, 15) is 9.59 Å². The van der Waals surface area contributed by atoms with Gasteiger partial charge >= 0.3 is 0 Å². The zero-order chi connectivity index (χ0) is 9.52. The Labute approximate surface area is 76.8 Å². The first kappa shape index (κ1) is 9.58. The third-order valence-corrected chi connectivity index (χ3v) is 1.71. The molecule has 13 heavy (non-hydrogen) atoms. The van der Waals surface area contributed by atoms with Crippen LogP contribution >= 0.6 is 0 Å². The topological polar surface area (TPSA) is 47.0 Å². The molecule has 0 aliphatic carbocycles. The highest BCUT2D eigenvalue weighted by atomic mass is 16.1. The summed E-state index contributed by atoms with van der Waals surface area (Å²) in [6.45, 7) is 0. The molecule has 1 aromatic rings. The van der Waals surface area contributed by atoms with E-state index in [1.165, 1.54) is 0 Å². The number of pyridine rings is 1. The van der Waals surface area contributed by atoms with Crippen LogP contribution < -0.4 is 0 Å². The monoisotopic (exact) mass is 177 g/mol. The Morgan fingerprint density at radius 1 is 1.54 bits per heavy atom. The Bertz CT molecular complexity index is 282. The van der Waals surface area contributed by atoms with Crippen LogP contribution in [0.25, 0.3) is 0 Å². The van der Waals surface area contributed by atoms with Crippen LogP contribution in [-0.2, 0) is 4.79 Å². The fourth-order valence-electron chi connectivity index (χ4n) is 1.02. The van der Waals surface area contributed by atoms with Crippen LogP contribution in [-0.4, -0.2) is 17.1 Å². The molecule has 0 aliphatic rings. The number of hydrogen-bond donors (Lipinski definition) is 0. The number of Topliss-reactive ketones (excluding diaryl/α,β-unsaturated/α-hetero) is 1. The fourth-order valence-corrected chi connectivity index (χ4v) is 1.02. The second kappa shape index (κ2) is 5.19. The Hall–Kier alpha value is -1.51. The van der Waals surface area contributed by atoms with Crippen LogP contribution in [0.1, 0.15) is 29.6 Å². The maximum absolute atomic E-state index is 11.4. The van der Waals surface area contributed by atoms with E-state index in [4.69, 9.17) is 0 Å². The minimum Gasteiger partial charge on any atom is -0.303 e. The van der Waals surface area contributed by atoms with E-state index in [1.807, 2.05) is 0 Å². The molecule has 0 fully saturated rings. The summed E-state index contributed by atoms with van der Waals surface area (Å²) in [4.78, 5) is 25.2. The lowest BCUT2D eigenvalue weighted by molar-refractivity contribution is -0.107. The number of ketones is 1. The zero-order valence-corrected chi connectivity index (χ0v) is 7.27. The minimum atomic E-state index is 0.0509. The number of carbonyl (C=O) groups is 2. The number of hydrogen-bond acceptors (Lipinski definition) is 3. The van der Waals surface area contributed by atoms with Gasteiger partial charge in [0.15, 0.2) is 5.78 Å². The average molecular weight is 177 g/mol. The van der Waals surface area contributed by atoms with Crippen LogP contribution in [0.15, 0.2) is 24.5 Å². The van der Waals surface area contributed by atoms with Crippen LogP contribution in [0.4, 0.5) is 0 Å². The second-order valence-corrected chi connectivity index (χ2v) is 2.72. The van der Waals surface area contributed by atoms with Crippen molar-refractivity contribution in [2.75, 3.05) is 0 Å². The van der Waals surface area contributed by atoms with Gasteiger partial charge < -0.3 is 4.79 Å². The molecule has 0 spiro atoms. The first-order valence-corrected chi connectivity index (χ1v) is 4.21. The van der Waals surface area contributed by atoms with Gasteiger partial charge in [-0.1, -0.05) is 0 Å². The summed E-state index contributed by atoms with van der Waals surface area (Å²) in [5.41, 5.74) is 0.619. The van der Waals surface area contributed by atoms with E-state index >= 15 is 0 Å². The molecule has 3 heteroatoms. The number of rotatable bonds is 5. The molecule has 1 heterocycles. The van der Waals surface area contributed by atoms with Crippen LogP contribution in [0.5, 0.6) is 0 Å². The Balaban J connectivity index is 2.45. The summed E-state index contributed by atoms with van der Waals surface area (Å²) in [5.74, 6) is 0.0509. The number of carbonyl (C=O) groups excluding carboxylic acids is 2. The summed E-state index contributed by atoms with van der Waals surface area (Å²) in [7, 11) is 0. The third kappa shape index (κ3) is 3.15. The van der Waals surface area contributed by atoms with Crippen molar-refractivity contribution in [3.05, 3.63) is 30.1 Å². The predicted octanol–water partition coefficient (Wildman–Crippen LogP) is 1.63. The lowest BCUT2D eigenvalue weighted by Crippen LogP contribution is -1.99. The molecule has 0 unspecified atom stereocenters. The third-order valence-electron chi connectivity index (χ3n) is 1.71. The highest BCUT2D eigenvalue weighted by Gasteiger charge is 2.03. The molecule has 1 rings (SSSR count). The van der Waals surface area contributed by atoms with Gasteiger partial charge in [-0.2, -0.15) is 0 Å². The predicted molar refractivity (Wildman–Crippen MR) is 48.5 cm³/mol. The van der Waals surface area contributed by atoms with Crippen molar-refractivity contribution in [2.45, 2.75) is 19.3 Å². The molecule has 0 aromatic carbocycles. The zero-order valence-electron chi connectivity index (χ0n) is 7.27. The Morgan fingerprint density at radius 3 is 3.00 bits per heavy atom. The summed E-state index contributed by atoms with van der Waals surface area (Å²) in [5, 5.41) is 0. The minimum absolute atomic E-state index is 0.0509. The molecular weight excluding hydrogens is 166 g/mol. The van der Waals surface area contributed by atoms with Gasteiger partial charge in [0.25, 0.3) is 0 Å². The molecule has 68 valence electrons. The fraction of sp³-hybridized carbons (Fsp3) is 0.300. The highest BCUT2D eigenvalue weighted by molar-refractivity contribution is 5.95. The van der Waals surface area contributed by atoms with Gasteiger partial charge in [0.2, 0.25) is 0 Å². The van der Waals surface area contributed by atoms with E-state index in [-0.39, 0.29) is 5.78 Å². The van der Waals surface area contributed by atoms with Crippen LogP contribution in [0.3, 0.4) is 0 Å². The first-order valence-electron chi connectivity index (χ1n) is 4.21. The maximum atomic E-state index is 11.4. The Kier molecular flexibility index (Phi) is 3.82. The van der Waals surface area contributed by atoms with E-state index in [2.05, 4.69) is 4.98 Å². The van der Waals surface area contributed by atoms with Crippen molar-refractivity contribution in [3.8, 4) is 0 Å². The lowest BCUT2D eigenvalue weighted by Gasteiger charge is -1.97. The number of nitrogens with zero attached hydrogens (tertiary/aromatic N) is 1. The molecule has 0 saturated heterocycles. The van der Waals surface area contributed by atoms with Gasteiger partial charge in [-0.05, 0) is 18.6 Å². The maximum Gasteiger partial charge on any atom is 0.164 e. The summed E-state index contributed by atoms with van der Waals surface area (Å²) in [6, 6.07) is 3.46. The van der Waals surface area contributed by atoms with Crippen LogP contribution in [0, 0.1) is 0 Å². The molecule has 0 atom stereocenters. The summed E-state index contributed by atoms with van der Waals surface area (Å²) >= 11 is 0. The SMILES string of the molecule is O=CCCCC(=O)c1cccnc1. The Morgan fingerprint density at radius 2 is 2.38 bits per heavy atom. The smallest absolute Gasteiger partial charge is 0.164 e. The van der Waals surface area contributed by atoms with Gasteiger partial charge in [-0.15, -0.1) is 0 Å². The van der Waals surface area contributed by atoms with Crippen molar-refractivity contribution in [1.29, 1.82) is 0 Å². The lowest BCUT2D eigenvalue weighted by atomic mass is 10.1. The van der Waals surface area contributed by atoms with Crippen molar-refractivity contribution in [3.63, 3.8) is 0 Å². The average Bonchev–Trinajstić information content (AvgIpc) is 2.19. The molecule has 0 saturated carbocycles. The van der Waals surface area contributed by atoms with Gasteiger partial charge in [0.1, 0.15) is 6.29 Å². The van der Waals surface area contributed by atoms with E-state index in [0.717, 1.165) is 6.29 Å². The molecule has 0 amide bonds. The quantitative estimate of drug-likeness (QED) is 0.390. The standard InChI is InChI=1S/C10H11NO2/c12-7-2-1-5-10(13)9-4-3-6-11-8-9/h3-4,6-8H,1-2,5H2. The van der Waals surface area contributed by atoms with Crippen molar-refractivity contribution >= 4 is 12.1 Å². The first-order chi connectivity index (χ1) is 6.34. The number of aldehydes is 1. The molecule has 0 N–H and O–H groups in total. The van der Waals surface area contributed by atoms with E-state index in [0.29, 0.717) is 24.8 Å². The second-order valence-electron chi connectivity index (χ2n) is 2.72. The van der Waals surface area contributed by atoms with Gasteiger partial charge in [0.05, 0.1) is 0 Å².